The topological polar surface area (TPSA) is 24.5 Å². The maximum absolute atomic E-state index is 6.00. The zero-order chi connectivity index (χ0) is 14.2. The molecular weight excluding hydrogens is 248 g/mol. The molecular formula is C17H28N2O. The summed E-state index contributed by atoms with van der Waals surface area (Å²) in [5.41, 5.74) is 2.57. The van der Waals surface area contributed by atoms with E-state index in [0.717, 1.165) is 38.4 Å². The molecule has 1 aromatic carbocycles. The Labute approximate surface area is 123 Å². The maximum atomic E-state index is 6.00. The first-order chi connectivity index (χ1) is 9.79. The quantitative estimate of drug-likeness (QED) is 0.739. The summed E-state index contributed by atoms with van der Waals surface area (Å²) in [6, 6.07) is 6.48. The fourth-order valence-corrected chi connectivity index (χ4v) is 2.68. The highest BCUT2D eigenvalue weighted by molar-refractivity contribution is 5.36. The molecule has 0 unspecified atom stereocenters. The van der Waals surface area contributed by atoms with Crippen LogP contribution in [-0.4, -0.2) is 37.7 Å². The van der Waals surface area contributed by atoms with Crippen LogP contribution in [0.1, 0.15) is 37.3 Å². The third kappa shape index (κ3) is 4.80. The Hall–Kier alpha value is -1.06. The molecule has 1 aliphatic heterocycles. The molecule has 3 heteroatoms. The van der Waals surface area contributed by atoms with E-state index in [0.29, 0.717) is 0 Å². The SMILES string of the molecule is CCCNCc1cc(C)ccc1OCCN1CCCC1. The number of nitrogens with zero attached hydrogens (tertiary/aromatic N) is 1. The Morgan fingerprint density at radius 2 is 2.05 bits per heavy atom. The third-order valence-corrected chi connectivity index (χ3v) is 3.82. The predicted octanol–water partition coefficient (Wildman–Crippen LogP) is 2.97. The van der Waals surface area contributed by atoms with Crippen LogP contribution in [0.3, 0.4) is 0 Å². The summed E-state index contributed by atoms with van der Waals surface area (Å²) in [7, 11) is 0. The summed E-state index contributed by atoms with van der Waals surface area (Å²) < 4.78 is 6.00. The van der Waals surface area contributed by atoms with Crippen LogP contribution < -0.4 is 10.1 Å². The van der Waals surface area contributed by atoms with Crippen LogP contribution in [0.4, 0.5) is 0 Å². The van der Waals surface area contributed by atoms with E-state index in [4.69, 9.17) is 4.74 Å². The van der Waals surface area contributed by atoms with Crippen molar-refractivity contribution < 1.29 is 4.74 Å². The van der Waals surface area contributed by atoms with Gasteiger partial charge >= 0.3 is 0 Å². The molecule has 3 nitrogen and oxygen atoms in total. The van der Waals surface area contributed by atoms with E-state index in [9.17, 15) is 0 Å². The molecule has 0 saturated carbocycles. The number of benzene rings is 1. The number of likely N-dealkylation sites (tertiary alicyclic amines) is 1. The Balaban J connectivity index is 1.84. The lowest BCUT2D eigenvalue weighted by Gasteiger charge is -2.17. The van der Waals surface area contributed by atoms with Gasteiger partial charge in [-0.25, -0.2) is 0 Å². The molecule has 0 atom stereocenters. The molecule has 1 N–H and O–H groups in total. The van der Waals surface area contributed by atoms with Crippen molar-refractivity contribution in [1.82, 2.24) is 10.2 Å². The van der Waals surface area contributed by atoms with E-state index in [1.807, 2.05) is 0 Å². The summed E-state index contributed by atoms with van der Waals surface area (Å²) in [6.07, 6.45) is 3.85. The molecule has 112 valence electrons. The van der Waals surface area contributed by atoms with Crippen LogP contribution in [0.15, 0.2) is 18.2 Å². The molecule has 0 bridgehead atoms. The average molecular weight is 276 g/mol. The Morgan fingerprint density at radius 1 is 1.25 bits per heavy atom. The first-order valence-electron chi connectivity index (χ1n) is 7.95. The normalized spacial score (nSPS) is 15.7. The Morgan fingerprint density at radius 3 is 2.80 bits per heavy atom. The number of aryl methyl sites for hydroxylation is 1. The van der Waals surface area contributed by atoms with Gasteiger partial charge in [-0.1, -0.05) is 24.6 Å². The van der Waals surface area contributed by atoms with Gasteiger partial charge in [0, 0.05) is 18.7 Å². The van der Waals surface area contributed by atoms with E-state index in [1.54, 1.807) is 0 Å². The standard InChI is InChI=1S/C17H28N2O/c1-3-8-18-14-16-13-15(2)6-7-17(16)20-12-11-19-9-4-5-10-19/h6-7,13,18H,3-5,8-12,14H2,1-2H3. The lowest BCUT2D eigenvalue weighted by Crippen LogP contribution is -2.25. The highest BCUT2D eigenvalue weighted by atomic mass is 16.5. The third-order valence-electron chi connectivity index (χ3n) is 3.82. The molecule has 20 heavy (non-hydrogen) atoms. The zero-order valence-corrected chi connectivity index (χ0v) is 13.0. The minimum atomic E-state index is 0.795. The molecule has 1 heterocycles. The van der Waals surface area contributed by atoms with Gasteiger partial charge in [-0.05, 0) is 51.9 Å². The largest absolute Gasteiger partial charge is 0.492 e. The van der Waals surface area contributed by atoms with Crippen molar-refractivity contribution in [2.75, 3.05) is 32.8 Å². The summed E-state index contributed by atoms with van der Waals surface area (Å²) in [5, 5.41) is 3.46. The summed E-state index contributed by atoms with van der Waals surface area (Å²) >= 11 is 0. The van der Waals surface area contributed by atoms with Gasteiger partial charge in [0.25, 0.3) is 0 Å². The van der Waals surface area contributed by atoms with Crippen molar-refractivity contribution in [1.29, 1.82) is 0 Å². The summed E-state index contributed by atoms with van der Waals surface area (Å²) in [5.74, 6) is 1.04. The van der Waals surface area contributed by atoms with Crippen molar-refractivity contribution in [3.05, 3.63) is 29.3 Å². The minimum Gasteiger partial charge on any atom is -0.492 e. The molecule has 1 aromatic rings. The van der Waals surface area contributed by atoms with E-state index < -0.39 is 0 Å². The minimum absolute atomic E-state index is 0.795. The fraction of sp³-hybridized carbons (Fsp3) is 0.647. The predicted molar refractivity (Wildman–Crippen MR) is 84.3 cm³/mol. The average Bonchev–Trinajstić information content (AvgIpc) is 2.95. The van der Waals surface area contributed by atoms with Crippen LogP contribution >= 0.6 is 0 Å². The van der Waals surface area contributed by atoms with Gasteiger partial charge in [-0.2, -0.15) is 0 Å². The molecule has 1 aliphatic rings. The van der Waals surface area contributed by atoms with Crippen LogP contribution in [0.5, 0.6) is 5.75 Å². The highest BCUT2D eigenvalue weighted by Gasteiger charge is 2.11. The van der Waals surface area contributed by atoms with Gasteiger partial charge < -0.3 is 10.1 Å². The molecule has 0 spiro atoms. The van der Waals surface area contributed by atoms with Gasteiger partial charge in [0.2, 0.25) is 0 Å². The lowest BCUT2D eigenvalue weighted by molar-refractivity contribution is 0.236. The molecule has 0 aromatic heterocycles. The molecule has 0 radical (unpaired) electrons. The molecule has 0 amide bonds. The van der Waals surface area contributed by atoms with Gasteiger partial charge in [-0.15, -0.1) is 0 Å². The van der Waals surface area contributed by atoms with Crippen molar-refractivity contribution in [2.24, 2.45) is 0 Å². The second-order valence-corrected chi connectivity index (χ2v) is 5.69. The number of ether oxygens (including phenoxy) is 1. The van der Waals surface area contributed by atoms with Gasteiger partial charge in [0.05, 0.1) is 0 Å². The van der Waals surface area contributed by atoms with Crippen molar-refractivity contribution in [2.45, 2.75) is 39.7 Å². The van der Waals surface area contributed by atoms with E-state index >= 15 is 0 Å². The van der Waals surface area contributed by atoms with Gasteiger partial charge in [0.1, 0.15) is 12.4 Å². The first kappa shape index (κ1) is 15.3. The second kappa shape index (κ2) is 8.28. The van der Waals surface area contributed by atoms with Crippen molar-refractivity contribution in [3.63, 3.8) is 0 Å². The molecule has 1 saturated heterocycles. The number of rotatable bonds is 8. The molecule has 2 rings (SSSR count). The summed E-state index contributed by atoms with van der Waals surface area (Å²) in [4.78, 5) is 2.49. The molecule has 0 aliphatic carbocycles. The summed E-state index contributed by atoms with van der Waals surface area (Å²) in [6.45, 7) is 10.6. The lowest BCUT2D eigenvalue weighted by atomic mass is 10.1. The van der Waals surface area contributed by atoms with Crippen LogP contribution in [0.25, 0.3) is 0 Å². The van der Waals surface area contributed by atoms with Gasteiger partial charge in [0.15, 0.2) is 0 Å². The molecule has 1 fully saturated rings. The number of hydrogen-bond donors (Lipinski definition) is 1. The monoisotopic (exact) mass is 276 g/mol. The Bertz CT molecular complexity index is 400. The highest BCUT2D eigenvalue weighted by Crippen LogP contribution is 2.20. The van der Waals surface area contributed by atoms with Crippen LogP contribution in [0, 0.1) is 6.92 Å². The number of hydrogen-bond acceptors (Lipinski definition) is 3. The van der Waals surface area contributed by atoms with Crippen molar-refractivity contribution in [3.8, 4) is 5.75 Å². The first-order valence-corrected chi connectivity index (χ1v) is 7.95. The van der Waals surface area contributed by atoms with E-state index in [1.165, 1.54) is 37.1 Å². The van der Waals surface area contributed by atoms with E-state index in [-0.39, 0.29) is 0 Å². The zero-order valence-electron chi connectivity index (χ0n) is 13.0. The number of nitrogens with one attached hydrogen (secondary N) is 1. The van der Waals surface area contributed by atoms with Crippen molar-refractivity contribution >= 4 is 0 Å². The Kier molecular flexibility index (Phi) is 6.34. The maximum Gasteiger partial charge on any atom is 0.123 e. The fourth-order valence-electron chi connectivity index (χ4n) is 2.68. The van der Waals surface area contributed by atoms with Crippen LogP contribution in [0.2, 0.25) is 0 Å². The van der Waals surface area contributed by atoms with Crippen LogP contribution in [-0.2, 0) is 6.54 Å². The van der Waals surface area contributed by atoms with Gasteiger partial charge in [-0.3, -0.25) is 4.90 Å². The second-order valence-electron chi connectivity index (χ2n) is 5.69. The smallest absolute Gasteiger partial charge is 0.123 e. The van der Waals surface area contributed by atoms with E-state index in [2.05, 4.69) is 42.3 Å².